The lowest BCUT2D eigenvalue weighted by atomic mass is 9.94. The number of carbonyl (C=O) groups is 1. The fraction of sp³-hybridized carbons (Fsp3) is 0.611. The molecule has 1 aliphatic heterocycles. The molecule has 0 spiro atoms. The number of hydrogen-bond acceptors (Lipinski definition) is 3. The van der Waals surface area contributed by atoms with Gasteiger partial charge >= 0.3 is 6.18 Å². The van der Waals surface area contributed by atoms with Crippen molar-refractivity contribution < 1.29 is 23.1 Å². The van der Waals surface area contributed by atoms with Gasteiger partial charge in [0.2, 0.25) is 5.91 Å². The zero-order chi connectivity index (χ0) is 18.4. The van der Waals surface area contributed by atoms with Crippen molar-refractivity contribution in [3.63, 3.8) is 0 Å². The van der Waals surface area contributed by atoms with Crippen molar-refractivity contribution in [2.24, 2.45) is 5.92 Å². The van der Waals surface area contributed by atoms with E-state index in [0.29, 0.717) is 32.5 Å². The number of nitrogens with one attached hydrogen (secondary N) is 1. The van der Waals surface area contributed by atoms with Crippen LogP contribution in [0.4, 0.5) is 13.2 Å². The Labute approximate surface area is 146 Å². The number of amides is 1. The third kappa shape index (κ3) is 5.44. The monoisotopic (exact) mass is 358 g/mol. The van der Waals surface area contributed by atoms with E-state index in [2.05, 4.69) is 5.32 Å². The summed E-state index contributed by atoms with van der Waals surface area (Å²) < 4.78 is 39.2. The molecule has 7 heteroatoms. The Bertz CT molecular complexity index is 570. The van der Waals surface area contributed by atoms with Gasteiger partial charge in [-0.1, -0.05) is 25.1 Å². The first kappa shape index (κ1) is 19.7. The molecule has 1 saturated heterocycles. The van der Waals surface area contributed by atoms with E-state index in [0.717, 1.165) is 12.5 Å². The van der Waals surface area contributed by atoms with Crippen molar-refractivity contribution in [2.45, 2.75) is 38.5 Å². The number of rotatable bonds is 6. The molecule has 0 aliphatic carbocycles. The summed E-state index contributed by atoms with van der Waals surface area (Å²) in [6.45, 7) is 3.97. The molecule has 1 aromatic carbocycles. The number of hydrogen-bond donors (Lipinski definition) is 2. The van der Waals surface area contributed by atoms with Crippen LogP contribution in [0.3, 0.4) is 0 Å². The van der Waals surface area contributed by atoms with Crippen LogP contribution < -0.4 is 5.32 Å². The van der Waals surface area contributed by atoms with Crippen LogP contribution in [-0.2, 0) is 11.0 Å². The number of nitrogens with zero attached hydrogens (tertiary/aromatic N) is 1. The van der Waals surface area contributed by atoms with Gasteiger partial charge in [0.05, 0.1) is 11.7 Å². The Balaban J connectivity index is 1.91. The molecule has 1 aromatic rings. The number of piperidine rings is 1. The molecule has 2 rings (SSSR count). The van der Waals surface area contributed by atoms with Gasteiger partial charge in [0.1, 0.15) is 0 Å². The van der Waals surface area contributed by atoms with Gasteiger partial charge in [-0.25, -0.2) is 0 Å². The largest absolute Gasteiger partial charge is 0.416 e. The zero-order valence-corrected chi connectivity index (χ0v) is 14.4. The van der Waals surface area contributed by atoms with Crippen molar-refractivity contribution in [2.75, 3.05) is 26.2 Å². The fourth-order valence-electron chi connectivity index (χ4n) is 3.16. The van der Waals surface area contributed by atoms with E-state index in [9.17, 15) is 23.1 Å². The number of β-amino-alcohol motifs (C(OH)–C–C–N with tert-alkyl or cyclic N) is 1. The summed E-state index contributed by atoms with van der Waals surface area (Å²) in [7, 11) is 0. The molecule has 140 valence electrons. The van der Waals surface area contributed by atoms with Gasteiger partial charge in [-0.15, -0.1) is 0 Å². The van der Waals surface area contributed by atoms with E-state index in [1.807, 2.05) is 11.8 Å². The molecule has 0 aromatic heterocycles. The average molecular weight is 358 g/mol. The molecule has 1 amide bonds. The summed E-state index contributed by atoms with van der Waals surface area (Å²) in [5.41, 5.74) is -0.894. The molecule has 1 aliphatic rings. The Hall–Kier alpha value is -1.60. The Morgan fingerprint density at radius 1 is 1.32 bits per heavy atom. The average Bonchev–Trinajstić information content (AvgIpc) is 2.59. The maximum atomic E-state index is 13.1. The Morgan fingerprint density at radius 3 is 2.56 bits per heavy atom. The molecule has 0 saturated carbocycles. The predicted octanol–water partition coefficient (Wildman–Crippen LogP) is 2.98. The normalized spacial score (nSPS) is 18.1. The van der Waals surface area contributed by atoms with Gasteiger partial charge in [0, 0.05) is 19.0 Å². The highest BCUT2D eigenvalue weighted by molar-refractivity contribution is 5.78. The number of aliphatic hydroxyl groups is 1. The number of aliphatic hydroxyl groups excluding tert-OH is 1. The molecule has 0 unspecified atom stereocenters. The second kappa shape index (κ2) is 8.67. The van der Waals surface area contributed by atoms with Crippen molar-refractivity contribution in [3.8, 4) is 0 Å². The second-order valence-electron chi connectivity index (χ2n) is 6.47. The quantitative estimate of drug-likeness (QED) is 0.822. The minimum absolute atomic E-state index is 0.0458. The fourth-order valence-corrected chi connectivity index (χ4v) is 3.16. The van der Waals surface area contributed by atoms with Crippen LogP contribution in [-0.4, -0.2) is 42.1 Å². The smallest absolute Gasteiger partial charge is 0.387 e. The van der Waals surface area contributed by atoms with E-state index in [-0.39, 0.29) is 23.9 Å². The van der Waals surface area contributed by atoms with Gasteiger partial charge in [-0.2, -0.15) is 13.2 Å². The van der Waals surface area contributed by atoms with E-state index in [1.165, 1.54) is 18.2 Å². The first-order chi connectivity index (χ1) is 11.8. The van der Waals surface area contributed by atoms with E-state index in [4.69, 9.17) is 0 Å². The Morgan fingerprint density at radius 2 is 1.96 bits per heavy atom. The van der Waals surface area contributed by atoms with Crippen LogP contribution in [0.25, 0.3) is 0 Å². The van der Waals surface area contributed by atoms with Crippen molar-refractivity contribution in [1.82, 2.24) is 10.2 Å². The van der Waals surface area contributed by atoms with Crippen LogP contribution in [0.1, 0.15) is 43.4 Å². The summed E-state index contributed by atoms with van der Waals surface area (Å²) in [4.78, 5) is 13.9. The lowest BCUT2D eigenvalue weighted by Gasteiger charge is -2.33. The topological polar surface area (TPSA) is 52.6 Å². The summed E-state index contributed by atoms with van der Waals surface area (Å²) in [6, 6.07) is 5.12. The first-order valence-electron chi connectivity index (χ1n) is 8.67. The Kier molecular flexibility index (Phi) is 6.84. The van der Waals surface area contributed by atoms with Crippen molar-refractivity contribution in [1.29, 1.82) is 0 Å². The summed E-state index contributed by atoms with van der Waals surface area (Å²) in [6.07, 6.45) is -3.49. The summed E-state index contributed by atoms with van der Waals surface area (Å²) in [5, 5.41) is 13.2. The molecule has 25 heavy (non-hydrogen) atoms. The standard InChI is InChI=1S/C18H25F3N2O2/c1-2-9-22-17(25)13-7-10-23(11-8-13)12-16(24)14-5-3-4-6-15(14)18(19,20)21/h3-6,13,16,24H,2,7-12H2,1H3,(H,22,25)/t16-/m0/s1. The van der Waals surface area contributed by atoms with Gasteiger partial charge in [0.15, 0.2) is 0 Å². The molecule has 1 atom stereocenters. The molecule has 2 N–H and O–H groups in total. The number of likely N-dealkylation sites (tertiary alicyclic amines) is 1. The van der Waals surface area contributed by atoms with Gasteiger partial charge in [-0.05, 0) is 44.0 Å². The van der Waals surface area contributed by atoms with Crippen LogP contribution >= 0.6 is 0 Å². The lowest BCUT2D eigenvalue weighted by molar-refractivity contribution is -0.139. The van der Waals surface area contributed by atoms with Gasteiger partial charge < -0.3 is 15.3 Å². The van der Waals surface area contributed by atoms with Crippen LogP contribution in [0.5, 0.6) is 0 Å². The molecule has 4 nitrogen and oxygen atoms in total. The number of benzene rings is 1. The molecular formula is C18H25F3N2O2. The van der Waals surface area contributed by atoms with Crippen LogP contribution in [0.2, 0.25) is 0 Å². The zero-order valence-electron chi connectivity index (χ0n) is 14.4. The molecule has 0 bridgehead atoms. The van der Waals surface area contributed by atoms with Gasteiger partial charge in [0.25, 0.3) is 0 Å². The molecular weight excluding hydrogens is 333 g/mol. The maximum absolute atomic E-state index is 13.1. The third-order valence-electron chi connectivity index (χ3n) is 4.56. The third-order valence-corrected chi connectivity index (χ3v) is 4.56. The summed E-state index contributed by atoms with van der Waals surface area (Å²) >= 11 is 0. The minimum atomic E-state index is -4.48. The van der Waals surface area contributed by atoms with Crippen LogP contribution in [0, 0.1) is 5.92 Å². The predicted molar refractivity (Wildman–Crippen MR) is 88.9 cm³/mol. The maximum Gasteiger partial charge on any atom is 0.416 e. The number of halogens is 3. The SMILES string of the molecule is CCCNC(=O)C1CCN(C[C@H](O)c2ccccc2C(F)(F)F)CC1. The highest BCUT2D eigenvalue weighted by Crippen LogP contribution is 2.35. The second-order valence-corrected chi connectivity index (χ2v) is 6.47. The van der Waals surface area contributed by atoms with E-state index >= 15 is 0 Å². The minimum Gasteiger partial charge on any atom is -0.387 e. The van der Waals surface area contributed by atoms with E-state index in [1.54, 1.807) is 0 Å². The summed E-state index contributed by atoms with van der Waals surface area (Å²) in [5.74, 6) is -0.00753. The molecule has 1 fully saturated rings. The lowest BCUT2D eigenvalue weighted by Crippen LogP contribution is -2.42. The highest BCUT2D eigenvalue weighted by atomic mass is 19.4. The number of carbonyl (C=O) groups excluding carboxylic acids is 1. The van der Waals surface area contributed by atoms with Crippen LogP contribution in [0.15, 0.2) is 24.3 Å². The molecule has 1 heterocycles. The van der Waals surface area contributed by atoms with Crippen molar-refractivity contribution >= 4 is 5.91 Å². The number of alkyl halides is 3. The first-order valence-corrected chi connectivity index (χ1v) is 8.67. The molecule has 0 radical (unpaired) electrons. The van der Waals surface area contributed by atoms with E-state index < -0.39 is 17.8 Å². The highest BCUT2D eigenvalue weighted by Gasteiger charge is 2.35. The van der Waals surface area contributed by atoms with Gasteiger partial charge in [-0.3, -0.25) is 4.79 Å². The van der Waals surface area contributed by atoms with Crippen molar-refractivity contribution in [3.05, 3.63) is 35.4 Å².